The largest absolute Gasteiger partial charge is 0.496 e. The van der Waals surface area contributed by atoms with E-state index in [0.717, 1.165) is 12.0 Å². The number of benzene rings is 3. The summed E-state index contributed by atoms with van der Waals surface area (Å²) in [5, 5.41) is 8.04. The van der Waals surface area contributed by atoms with Gasteiger partial charge in [-0.3, -0.25) is 0 Å². The Morgan fingerprint density at radius 1 is 0.862 bits per heavy atom. The predicted octanol–water partition coefficient (Wildman–Crippen LogP) is 3.68. The van der Waals surface area contributed by atoms with Gasteiger partial charge in [-0.05, 0) is 40.5 Å². The monoisotopic (exact) mass is 392 g/mol. The lowest BCUT2D eigenvalue weighted by Gasteiger charge is -2.11. The van der Waals surface area contributed by atoms with E-state index in [1.165, 1.54) is 30.6 Å². The molecule has 3 rings (SSSR count). The van der Waals surface area contributed by atoms with E-state index in [1.54, 1.807) is 18.2 Å². The maximum absolute atomic E-state index is 12.1. The van der Waals surface area contributed by atoms with Crippen LogP contribution in [0.4, 0.5) is 4.79 Å². The first-order valence-corrected chi connectivity index (χ1v) is 9.35. The van der Waals surface area contributed by atoms with Gasteiger partial charge in [-0.15, -0.1) is 0 Å². The fourth-order valence-corrected chi connectivity index (χ4v) is 3.09. The molecule has 150 valence electrons. The van der Waals surface area contributed by atoms with Crippen LogP contribution < -0.4 is 15.4 Å². The predicted molar refractivity (Wildman–Crippen MR) is 112 cm³/mol. The van der Waals surface area contributed by atoms with E-state index in [4.69, 9.17) is 9.47 Å². The van der Waals surface area contributed by atoms with Crippen molar-refractivity contribution >= 4 is 22.8 Å². The van der Waals surface area contributed by atoms with Gasteiger partial charge in [-0.2, -0.15) is 0 Å². The van der Waals surface area contributed by atoms with Crippen LogP contribution in [0.15, 0.2) is 60.7 Å². The van der Waals surface area contributed by atoms with Crippen molar-refractivity contribution in [3.05, 3.63) is 77.4 Å². The normalized spacial score (nSPS) is 10.4. The second-order valence-corrected chi connectivity index (χ2v) is 6.57. The Morgan fingerprint density at radius 2 is 1.62 bits per heavy atom. The number of hydrogen-bond acceptors (Lipinski definition) is 4. The molecule has 0 unspecified atom stereocenters. The van der Waals surface area contributed by atoms with Crippen molar-refractivity contribution in [3.8, 4) is 5.75 Å². The molecule has 0 spiro atoms. The van der Waals surface area contributed by atoms with Crippen molar-refractivity contribution in [1.82, 2.24) is 10.6 Å². The Bertz CT molecular complexity index is 1020. The summed E-state index contributed by atoms with van der Waals surface area (Å²) in [7, 11) is 2.80. The number of carbonyl (C=O) groups is 2. The molecule has 0 bridgehead atoms. The van der Waals surface area contributed by atoms with Gasteiger partial charge in [0, 0.05) is 13.1 Å². The molecule has 6 nitrogen and oxygen atoms in total. The van der Waals surface area contributed by atoms with Gasteiger partial charge in [0.25, 0.3) is 0 Å². The third-order valence-corrected chi connectivity index (χ3v) is 4.64. The first-order valence-electron chi connectivity index (χ1n) is 9.35. The maximum Gasteiger partial charge on any atom is 0.341 e. The number of ether oxygens (including phenoxy) is 2. The van der Waals surface area contributed by atoms with Crippen LogP contribution in [0, 0.1) is 0 Å². The molecular formula is C23H24N2O4. The van der Waals surface area contributed by atoms with Crippen molar-refractivity contribution in [1.29, 1.82) is 0 Å². The fourth-order valence-electron chi connectivity index (χ4n) is 3.09. The number of urea groups is 1. The van der Waals surface area contributed by atoms with E-state index < -0.39 is 5.97 Å². The average Bonchev–Trinajstić information content (AvgIpc) is 2.76. The van der Waals surface area contributed by atoms with Crippen LogP contribution >= 0.6 is 0 Å². The van der Waals surface area contributed by atoms with E-state index >= 15 is 0 Å². The molecule has 29 heavy (non-hydrogen) atoms. The van der Waals surface area contributed by atoms with Gasteiger partial charge in [-0.1, -0.05) is 48.5 Å². The number of nitrogens with one attached hydrogen (secondary N) is 2. The zero-order chi connectivity index (χ0) is 20.6. The summed E-state index contributed by atoms with van der Waals surface area (Å²) >= 11 is 0. The van der Waals surface area contributed by atoms with Gasteiger partial charge in [0.15, 0.2) is 0 Å². The number of fused-ring (bicyclic) bond motifs is 1. The number of methoxy groups -OCH3 is 2. The zero-order valence-corrected chi connectivity index (χ0v) is 16.5. The summed E-state index contributed by atoms with van der Waals surface area (Å²) in [6.45, 7) is 0.815. The van der Waals surface area contributed by atoms with E-state index in [1.807, 2.05) is 12.1 Å². The highest BCUT2D eigenvalue weighted by Gasteiger charge is 2.13. The Kier molecular flexibility index (Phi) is 6.68. The molecule has 0 saturated carbocycles. The van der Waals surface area contributed by atoms with Gasteiger partial charge in [0.05, 0.1) is 14.2 Å². The second-order valence-electron chi connectivity index (χ2n) is 6.57. The Hall–Kier alpha value is -3.54. The fraction of sp³-hybridized carbons (Fsp3) is 0.217. The molecule has 0 aromatic heterocycles. The Morgan fingerprint density at radius 3 is 2.38 bits per heavy atom. The van der Waals surface area contributed by atoms with Crippen molar-refractivity contribution < 1.29 is 19.1 Å². The molecule has 0 radical (unpaired) electrons. The molecule has 3 aromatic carbocycles. The molecule has 0 atom stereocenters. The zero-order valence-electron chi connectivity index (χ0n) is 16.5. The maximum atomic E-state index is 12.1. The quantitative estimate of drug-likeness (QED) is 0.602. The summed E-state index contributed by atoms with van der Waals surface area (Å²) in [6, 6.07) is 19.4. The number of carbonyl (C=O) groups excluding carboxylic acids is 2. The van der Waals surface area contributed by atoms with Crippen molar-refractivity contribution in [2.24, 2.45) is 0 Å². The minimum atomic E-state index is -0.483. The highest BCUT2D eigenvalue weighted by molar-refractivity contribution is 5.92. The highest BCUT2D eigenvalue weighted by atomic mass is 16.5. The minimum absolute atomic E-state index is 0.263. The minimum Gasteiger partial charge on any atom is -0.496 e. The van der Waals surface area contributed by atoms with E-state index in [0.29, 0.717) is 17.9 Å². The SMILES string of the molecule is COC(=O)c1cc(CNC(=O)NCCc2ccc3ccccc3c2)ccc1OC. The lowest BCUT2D eigenvalue weighted by atomic mass is 10.1. The molecule has 0 aliphatic carbocycles. The van der Waals surface area contributed by atoms with Crippen LogP contribution in [0.2, 0.25) is 0 Å². The van der Waals surface area contributed by atoms with Gasteiger partial charge in [0.1, 0.15) is 11.3 Å². The molecule has 2 amide bonds. The highest BCUT2D eigenvalue weighted by Crippen LogP contribution is 2.20. The van der Waals surface area contributed by atoms with Crippen molar-refractivity contribution in [3.63, 3.8) is 0 Å². The van der Waals surface area contributed by atoms with Crippen LogP contribution in [0.1, 0.15) is 21.5 Å². The van der Waals surface area contributed by atoms with Crippen LogP contribution in [0.25, 0.3) is 10.8 Å². The van der Waals surface area contributed by atoms with Crippen LogP contribution in [-0.2, 0) is 17.7 Å². The molecule has 2 N–H and O–H groups in total. The van der Waals surface area contributed by atoms with Gasteiger partial charge in [0.2, 0.25) is 0 Å². The van der Waals surface area contributed by atoms with Gasteiger partial charge >= 0.3 is 12.0 Å². The molecular weight excluding hydrogens is 368 g/mol. The smallest absolute Gasteiger partial charge is 0.341 e. The standard InChI is InChI=1S/C23H24N2O4/c1-28-21-10-8-17(14-20(21)22(26)29-2)15-25-23(27)24-12-11-16-7-9-18-5-3-4-6-19(18)13-16/h3-10,13-14H,11-12,15H2,1-2H3,(H2,24,25,27). The molecule has 0 saturated heterocycles. The van der Waals surface area contributed by atoms with Crippen LogP contribution in [0.5, 0.6) is 5.75 Å². The summed E-state index contributed by atoms with van der Waals surface area (Å²) in [5.74, 6) is -0.0519. The molecule has 0 fully saturated rings. The number of rotatable bonds is 7. The molecule has 0 heterocycles. The van der Waals surface area contributed by atoms with E-state index in [2.05, 4.69) is 41.0 Å². The van der Waals surface area contributed by atoms with Crippen LogP contribution in [-0.4, -0.2) is 32.8 Å². The first-order chi connectivity index (χ1) is 14.1. The van der Waals surface area contributed by atoms with Crippen molar-refractivity contribution in [2.75, 3.05) is 20.8 Å². The Labute approximate surface area is 169 Å². The third kappa shape index (κ3) is 5.25. The summed E-state index contributed by atoms with van der Waals surface area (Å²) in [4.78, 5) is 23.9. The lowest BCUT2D eigenvalue weighted by Crippen LogP contribution is -2.36. The van der Waals surface area contributed by atoms with E-state index in [-0.39, 0.29) is 12.6 Å². The Balaban J connectivity index is 1.50. The second kappa shape index (κ2) is 9.59. The first kappa shape index (κ1) is 20.2. The summed E-state index contributed by atoms with van der Waals surface area (Å²) in [6.07, 6.45) is 0.743. The third-order valence-electron chi connectivity index (χ3n) is 4.64. The summed E-state index contributed by atoms with van der Waals surface area (Å²) < 4.78 is 9.93. The number of esters is 1. The van der Waals surface area contributed by atoms with Crippen molar-refractivity contribution in [2.45, 2.75) is 13.0 Å². The number of hydrogen-bond donors (Lipinski definition) is 2. The van der Waals surface area contributed by atoms with Gasteiger partial charge < -0.3 is 20.1 Å². The average molecular weight is 392 g/mol. The van der Waals surface area contributed by atoms with Gasteiger partial charge in [-0.25, -0.2) is 9.59 Å². The molecule has 3 aromatic rings. The molecule has 6 heteroatoms. The lowest BCUT2D eigenvalue weighted by molar-refractivity contribution is 0.0597. The molecule has 0 aliphatic heterocycles. The van der Waals surface area contributed by atoms with Crippen LogP contribution in [0.3, 0.4) is 0 Å². The van der Waals surface area contributed by atoms with E-state index in [9.17, 15) is 9.59 Å². The topological polar surface area (TPSA) is 76.7 Å². The summed E-state index contributed by atoms with van der Waals surface area (Å²) in [5.41, 5.74) is 2.27. The molecule has 0 aliphatic rings. The number of amides is 2.